The first-order valence-corrected chi connectivity index (χ1v) is 9.58. The number of hydrogen-bond donors (Lipinski definition) is 0. The molecule has 1 atom stereocenters. The van der Waals surface area contributed by atoms with Crippen LogP contribution in [0.25, 0.3) is 0 Å². The van der Waals surface area contributed by atoms with E-state index < -0.39 is 0 Å². The monoisotopic (exact) mass is 360 g/mol. The molecule has 1 fully saturated rings. The standard InChI is InChI=1S/C21H32N2O3/c1-15(2)23(16(3)4)14-13-22-12-6-7-19(20(22)24)17-8-10-18(11-9-17)21(25)26-5/h8-11,15-16,19H,6-7,12-14H2,1-5H3. The molecular weight excluding hydrogens is 328 g/mol. The van der Waals surface area contributed by atoms with Gasteiger partial charge in [0.2, 0.25) is 5.91 Å². The molecular formula is C21H32N2O3. The SMILES string of the molecule is COC(=O)c1ccc(C2CCCN(CCN(C(C)C)C(C)C)C2=O)cc1. The third-order valence-corrected chi connectivity index (χ3v) is 5.22. The second-order valence-electron chi connectivity index (χ2n) is 7.56. The van der Waals surface area contributed by atoms with Crippen molar-refractivity contribution in [3.05, 3.63) is 35.4 Å². The quantitative estimate of drug-likeness (QED) is 0.700. The summed E-state index contributed by atoms with van der Waals surface area (Å²) in [5, 5.41) is 0. The molecule has 0 N–H and O–H groups in total. The zero-order valence-corrected chi connectivity index (χ0v) is 16.7. The highest BCUT2D eigenvalue weighted by Gasteiger charge is 2.30. The van der Waals surface area contributed by atoms with Crippen molar-refractivity contribution in [1.82, 2.24) is 9.80 Å². The number of benzene rings is 1. The summed E-state index contributed by atoms with van der Waals surface area (Å²) in [6.45, 7) is 11.3. The van der Waals surface area contributed by atoms with Gasteiger partial charge in [-0.15, -0.1) is 0 Å². The lowest BCUT2D eigenvalue weighted by atomic mass is 9.89. The molecule has 26 heavy (non-hydrogen) atoms. The van der Waals surface area contributed by atoms with Gasteiger partial charge in [-0.1, -0.05) is 12.1 Å². The smallest absolute Gasteiger partial charge is 0.337 e. The Hall–Kier alpha value is -1.88. The third-order valence-electron chi connectivity index (χ3n) is 5.22. The lowest BCUT2D eigenvalue weighted by Crippen LogP contribution is -2.47. The van der Waals surface area contributed by atoms with Crippen LogP contribution in [-0.2, 0) is 9.53 Å². The van der Waals surface area contributed by atoms with Crippen LogP contribution in [0.2, 0.25) is 0 Å². The molecule has 1 aromatic rings. The van der Waals surface area contributed by atoms with Crippen molar-refractivity contribution in [2.75, 3.05) is 26.7 Å². The summed E-state index contributed by atoms with van der Waals surface area (Å²) in [7, 11) is 1.37. The highest BCUT2D eigenvalue weighted by atomic mass is 16.5. The molecule has 5 nitrogen and oxygen atoms in total. The Kier molecular flexibility index (Phi) is 7.21. The van der Waals surface area contributed by atoms with E-state index in [4.69, 9.17) is 4.74 Å². The summed E-state index contributed by atoms with van der Waals surface area (Å²) in [5.74, 6) is -0.257. The van der Waals surface area contributed by atoms with Crippen LogP contribution in [-0.4, -0.2) is 60.5 Å². The van der Waals surface area contributed by atoms with Crippen molar-refractivity contribution in [2.45, 2.75) is 58.5 Å². The largest absolute Gasteiger partial charge is 0.465 e. The number of likely N-dealkylation sites (tertiary alicyclic amines) is 1. The second-order valence-corrected chi connectivity index (χ2v) is 7.56. The van der Waals surface area contributed by atoms with Gasteiger partial charge in [0.1, 0.15) is 0 Å². The van der Waals surface area contributed by atoms with Crippen LogP contribution in [0.3, 0.4) is 0 Å². The molecule has 1 aliphatic rings. The molecule has 0 aliphatic carbocycles. The normalized spacial score (nSPS) is 18.1. The average molecular weight is 360 g/mol. The maximum atomic E-state index is 13.0. The molecule has 1 amide bonds. The summed E-state index contributed by atoms with van der Waals surface area (Å²) >= 11 is 0. The van der Waals surface area contributed by atoms with Gasteiger partial charge in [0.15, 0.2) is 0 Å². The van der Waals surface area contributed by atoms with Crippen molar-refractivity contribution < 1.29 is 14.3 Å². The van der Waals surface area contributed by atoms with Crippen LogP contribution >= 0.6 is 0 Å². The number of rotatable bonds is 7. The predicted molar refractivity (Wildman–Crippen MR) is 103 cm³/mol. The van der Waals surface area contributed by atoms with Gasteiger partial charge < -0.3 is 9.64 Å². The first kappa shape index (κ1) is 20.4. The molecule has 0 bridgehead atoms. The second kappa shape index (κ2) is 9.17. The Labute approximate surface area is 157 Å². The minimum Gasteiger partial charge on any atom is -0.465 e. The van der Waals surface area contributed by atoms with Gasteiger partial charge in [-0.25, -0.2) is 4.79 Å². The Balaban J connectivity index is 2.03. The Morgan fingerprint density at radius 3 is 2.35 bits per heavy atom. The molecule has 0 radical (unpaired) electrons. The van der Waals surface area contributed by atoms with E-state index in [-0.39, 0.29) is 17.8 Å². The fraction of sp³-hybridized carbons (Fsp3) is 0.619. The van der Waals surface area contributed by atoms with E-state index in [2.05, 4.69) is 32.6 Å². The first-order valence-electron chi connectivity index (χ1n) is 9.58. The topological polar surface area (TPSA) is 49.9 Å². The van der Waals surface area contributed by atoms with Crippen LogP contribution in [0.5, 0.6) is 0 Å². The van der Waals surface area contributed by atoms with E-state index in [1.54, 1.807) is 12.1 Å². The van der Waals surface area contributed by atoms with E-state index in [1.807, 2.05) is 17.0 Å². The van der Waals surface area contributed by atoms with Crippen molar-refractivity contribution >= 4 is 11.9 Å². The Morgan fingerprint density at radius 1 is 1.19 bits per heavy atom. The summed E-state index contributed by atoms with van der Waals surface area (Å²) in [5.41, 5.74) is 1.50. The summed E-state index contributed by atoms with van der Waals surface area (Å²) in [6, 6.07) is 8.19. The van der Waals surface area contributed by atoms with Crippen LogP contribution in [0.1, 0.15) is 62.4 Å². The van der Waals surface area contributed by atoms with Crippen molar-refractivity contribution in [2.24, 2.45) is 0 Å². The predicted octanol–water partition coefficient (Wildman–Crippen LogP) is 3.30. The zero-order valence-electron chi connectivity index (χ0n) is 16.7. The Morgan fingerprint density at radius 2 is 1.81 bits per heavy atom. The number of amides is 1. The molecule has 144 valence electrons. The minimum atomic E-state index is -0.351. The number of ether oxygens (including phenoxy) is 1. The number of methoxy groups -OCH3 is 1. The maximum absolute atomic E-state index is 13.0. The van der Waals surface area contributed by atoms with Crippen molar-refractivity contribution in [3.63, 3.8) is 0 Å². The molecule has 1 unspecified atom stereocenters. The number of esters is 1. The van der Waals surface area contributed by atoms with Gasteiger partial charge >= 0.3 is 5.97 Å². The zero-order chi connectivity index (χ0) is 19.3. The molecule has 1 heterocycles. The third kappa shape index (κ3) is 4.85. The van der Waals surface area contributed by atoms with Gasteiger partial charge in [0, 0.05) is 31.7 Å². The average Bonchev–Trinajstić information content (AvgIpc) is 2.62. The highest BCUT2D eigenvalue weighted by Crippen LogP contribution is 2.28. The number of piperidine rings is 1. The van der Waals surface area contributed by atoms with Gasteiger partial charge in [-0.05, 0) is 58.2 Å². The fourth-order valence-electron chi connectivity index (χ4n) is 3.79. The van der Waals surface area contributed by atoms with Gasteiger partial charge in [0.25, 0.3) is 0 Å². The van der Waals surface area contributed by atoms with Crippen LogP contribution < -0.4 is 0 Å². The fourth-order valence-corrected chi connectivity index (χ4v) is 3.79. The van der Waals surface area contributed by atoms with Crippen molar-refractivity contribution in [1.29, 1.82) is 0 Å². The lowest BCUT2D eigenvalue weighted by molar-refractivity contribution is -0.135. The molecule has 0 spiro atoms. The van der Waals surface area contributed by atoms with E-state index in [9.17, 15) is 9.59 Å². The lowest BCUT2D eigenvalue weighted by Gasteiger charge is -2.36. The summed E-state index contributed by atoms with van der Waals surface area (Å²) in [4.78, 5) is 29.0. The van der Waals surface area contributed by atoms with Crippen LogP contribution in [0.15, 0.2) is 24.3 Å². The van der Waals surface area contributed by atoms with Gasteiger partial charge in [-0.3, -0.25) is 9.69 Å². The number of hydrogen-bond acceptors (Lipinski definition) is 4. The van der Waals surface area contributed by atoms with E-state index in [1.165, 1.54) is 7.11 Å². The molecule has 1 saturated heterocycles. The molecule has 5 heteroatoms. The van der Waals surface area contributed by atoms with Crippen LogP contribution in [0, 0.1) is 0 Å². The molecule has 1 aliphatic heterocycles. The molecule has 2 rings (SSSR count). The number of nitrogens with zero attached hydrogens (tertiary/aromatic N) is 2. The highest BCUT2D eigenvalue weighted by molar-refractivity contribution is 5.90. The minimum absolute atomic E-state index is 0.109. The molecule has 0 aromatic heterocycles. The number of carbonyl (C=O) groups is 2. The summed E-state index contributed by atoms with van der Waals surface area (Å²) in [6.07, 6.45) is 1.88. The van der Waals surface area contributed by atoms with E-state index in [0.29, 0.717) is 17.6 Å². The van der Waals surface area contributed by atoms with Gasteiger partial charge in [-0.2, -0.15) is 0 Å². The molecule has 1 aromatic carbocycles. The van der Waals surface area contributed by atoms with E-state index >= 15 is 0 Å². The first-order chi connectivity index (χ1) is 12.3. The van der Waals surface area contributed by atoms with E-state index in [0.717, 1.165) is 38.0 Å². The molecule has 0 saturated carbocycles. The maximum Gasteiger partial charge on any atom is 0.337 e. The van der Waals surface area contributed by atoms with Crippen LogP contribution in [0.4, 0.5) is 0 Å². The number of carbonyl (C=O) groups excluding carboxylic acids is 2. The summed E-state index contributed by atoms with van der Waals surface area (Å²) < 4.78 is 4.73. The van der Waals surface area contributed by atoms with Gasteiger partial charge in [0.05, 0.1) is 18.6 Å². The Bertz CT molecular complexity index is 602. The van der Waals surface area contributed by atoms with Crippen molar-refractivity contribution in [3.8, 4) is 0 Å².